The number of carbonyl (C=O) groups is 1. The van der Waals surface area contributed by atoms with Gasteiger partial charge in [0.2, 0.25) is 0 Å². The number of hydrogen-bond donors (Lipinski definition) is 2. The van der Waals surface area contributed by atoms with E-state index in [1.807, 2.05) is 51.7 Å². The van der Waals surface area contributed by atoms with Gasteiger partial charge in [0.05, 0.1) is 17.8 Å². The number of aliphatic hydroxyl groups excluding tert-OH is 1. The topological polar surface area (TPSA) is 82.4 Å². The Kier molecular flexibility index (Phi) is 15.7. The summed E-state index contributed by atoms with van der Waals surface area (Å²) in [5, 5.41) is 19.4. The van der Waals surface area contributed by atoms with Crippen molar-refractivity contribution in [2.75, 3.05) is 6.54 Å². The summed E-state index contributed by atoms with van der Waals surface area (Å²) in [5.41, 5.74) is 1.00. The molecular weight excluding hydrogens is 435 g/mol. The third-order valence-electron chi connectivity index (χ3n) is 4.81. The first-order valence-corrected chi connectivity index (χ1v) is 11.9. The van der Waals surface area contributed by atoms with Crippen LogP contribution in [-0.4, -0.2) is 45.4 Å². The molecule has 0 aliphatic carbocycles. The maximum Gasteiger partial charge on any atom is 0.310 e. The van der Waals surface area contributed by atoms with Gasteiger partial charge in [0.25, 0.3) is 0 Å². The van der Waals surface area contributed by atoms with E-state index in [1.54, 1.807) is 19.1 Å². The molecule has 7 heteroatoms. The Morgan fingerprint density at radius 1 is 1.35 bits per heavy atom. The van der Waals surface area contributed by atoms with Crippen LogP contribution in [0, 0.1) is 5.92 Å². The number of unbranched alkanes of at least 4 members (excludes halogenated alkanes) is 1. The lowest BCUT2D eigenvalue weighted by molar-refractivity contribution is -0.168. The lowest BCUT2D eigenvalue weighted by Crippen LogP contribution is -2.31. The number of aliphatic carboxylic acids is 1. The van der Waals surface area contributed by atoms with Gasteiger partial charge in [-0.1, -0.05) is 38.7 Å². The van der Waals surface area contributed by atoms with Gasteiger partial charge < -0.3 is 19.8 Å². The van der Waals surface area contributed by atoms with Crippen molar-refractivity contribution in [3.63, 3.8) is 0 Å². The molecule has 2 unspecified atom stereocenters. The van der Waals surface area contributed by atoms with E-state index in [4.69, 9.17) is 4.74 Å². The Morgan fingerprint density at radius 3 is 2.59 bits per heavy atom. The summed E-state index contributed by atoms with van der Waals surface area (Å²) in [4.78, 5) is 17.9. The molecule has 0 spiro atoms. The van der Waals surface area contributed by atoms with Crippen molar-refractivity contribution in [2.45, 2.75) is 85.5 Å². The second-order valence-corrected chi connectivity index (χ2v) is 8.64. The molecule has 1 aliphatic rings. The van der Waals surface area contributed by atoms with E-state index in [0.29, 0.717) is 43.5 Å². The molecule has 0 aromatic rings. The SMILES string of the molecule is C=C/C(=C(C)\C=C\F)N1C/C=C/CC(C(=O)O)/C=C/N=C1CCCCC(O)OC(C)(C)C.CC. The Morgan fingerprint density at radius 2 is 2.03 bits per heavy atom. The quantitative estimate of drug-likeness (QED) is 0.162. The van der Waals surface area contributed by atoms with E-state index in [9.17, 15) is 19.4 Å². The average Bonchev–Trinajstić information content (AvgIpc) is 2.76. The normalized spacial score (nSPS) is 20.4. The fraction of sp³-hybridized carbons (Fsp3) is 0.556. The van der Waals surface area contributed by atoms with Crippen molar-refractivity contribution in [3.05, 3.63) is 60.8 Å². The summed E-state index contributed by atoms with van der Waals surface area (Å²) in [5.74, 6) is -0.827. The molecule has 1 aliphatic heterocycles. The minimum atomic E-state index is -0.900. The second-order valence-electron chi connectivity index (χ2n) is 8.64. The number of rotatable bonds is 10. The number of aliphatic imine (C=N–C) groups is 1. The maximum absolute atomic E-state index is 12.8. The van der Waals surface area contributed by atoms with Crippen molar-refractivity contribution in [2.24, 2.45) is 10.9 Å². The monoisotopic (exact) mass is 478 g/mol. The van der Waals surface area contributed by atoms with Crippen molar-refractivity contribution in [1.29, 1.82) is 0 Å². The largest absolute Gasteiger partial charge is 0.481 e. The predicted molar refractivity (Wildman–Crippen MR) is 138 cm³/mol. The van der Waals surface area contributed by atoms with Gasteiger partial charge in [-0.3, -0.25) is 4.79 Å². The highest BCUT2D eigenvalue weighted by Gasteiger charge is 2.19. The van der Waals surface area contributed by atoms with E-state index in [2.05, 4.69) is 11.6 Å². The van der Waals surface area contributed by atoms with Gasteiger partial charge in [0, 0.05) is 24.9 Å². The van der Waals surface area contributed by atoms with Crippen molar-refractivity contribution < 1.29 is 24.1 Å². The first-order valence-electron chi connectivity index (χ1n) is 11.9. The lowest BCUT2D eigenvalue weighted by Gasteiger charge is -2.28. The second kappa shape index (κ2) is 17.0. The molecule has 192 valence electrons. The van der Waals surface area contributed by atoms with E-state index in [1.165, 1.54) is 12.3 Å². The molecule has 0 radical (unpaired) electrons. The zero-order chi connectivity index (χ0) is 26.1. The molecule has 2 atom stereocenters. The van der Waals surface area contributed by atoms with E-state index >= 15 is 0 Å². The van der Waals surface area contributed by atoms with Crippen LogP contribution in [0.4, 0.5) is 4.39 Å². The van der Waals surface area contributed by atoms with Crippen LogP contribution in [0.25, 0.3) is 0 Å². The van der Waals surface area contributed by atoms with Crippen molar-refractivity contribution in [1.82, 2.24) is 4.90 Å². The number of halogens is 1. The van der Waals surface area contributed by atoms with Gasteiger partial charge in [-0.2, -0.15) is 0 Å². The summed E-state index contributed by atoms with van der Waals surface area (Å²) < 4.78 is 18.4. The fourth-order valence-electron chi connectivity index (χ4n) is 3.26. The average molecular weight is 479 g/mol. The Hall–Kier alpha value is -2.51. The van der Waals surface area contributed by atoms with Gasteiger partial charge in [-0.05, 0) is 71.1 Å². The molecule has 0 saturated carbocycles. The molecule has 34 heavy (non-hydrogen) atoms. The number of aliphatic hydroxyl groups is 1. The molecule has 1 rings (SSSR count). The van der Waals surface area contributed by atoms with Crippen LogP contribution >= 0.6 is 0 Å². The van der Waals surface area contributed by atoms with E-state index in [0.717, 1.165) is 18.5 Å². The minimum absolute atomic E-state index is 0.368. The summed E-state index contributed by atoms with van der Waals surface area (Å²) >= 11 is 0. The van der Waals surface area contributed by atoms with Crippen LogP contribution < -0.4 is 0 Å². The molecule has 0 amide bonds. The molecule has 6 nitrogen and oxygen atoms in total. The summed E-state index contributed by atoms with van der Waals surface area (Å²) in [6.07, 6.45) is 12.4. The number of nitrogens with zero attached hydrogens (tertiary/aromatic N) is 2. The first kappa shape index (κ1) is 31.5. The number of ether oxygens (including phenoxy) is 1. The lowest BCUT2D eigenvalue weighted by atomic mass is 10.0. The zero-order valence-electron chi connectivity index (χ0n) is 21.6. The smallest absolute Gasteiger partial charge is 0.310 e. The van der Waals surface area contributed by atoms with Crippen LogP contribution in [0.15, 0.2) is 65.8 Å². The maximum atomic E-state index is 12.8. The highest BCUT2D eigenvalue weighted by molar-refractivity contribution is 5.85. The van der Waals surface area contributed by atoms with Crippen LogP contribution in [0.1, 0.15) is 73.6 Å². The molecule has 0 aromatic carbocycles. The minimum Gasteiger partial charge on any atom is -0.481 e. The highest BCUT2D eigenvalue weighted by Crippen LogP contribution is 2.20. The molecule has 0 bridgehead atoms. The van der Waals surface area contributed by atoms with E-state index < -0.39 is 23.8 Å². The highest BCUT2D eigenvalue weighted by atomic mass is 19.1. The van der Waals surface area contributed by atoms with Gasteiger partial charge in [-0.15, -0.1) is 0 Å². The van der Waals surface area contributed by atoms with Gasteiger partial charge in [0.1, 0.15) is 5.84 Å². The Balaban J connectivity index is 0.00000529. The molecule has 2 N–H and O–H groups in total. The molecule has 0 saturated heterocycles. The third kappa shape index (κ3) is 12.7. The summed E-state index contributed by atoms with van der Waals surface area (Å²) in [6.45, 7) is 15.8. The number of carboxylic acid groups (broad SMARTS) is 1. The van der Waals surface area contributed by atoms with Crippen LogP contribution in [0.3, 0.4) is 0 Å². The van der Waals surface area contributed by atoms with Crippen molar-refractivity contribution >= 4 is 11.8 Å². The molecule has 1 heterocycles. The van der Waals surface area contributed by atoms with Crippen molar-refractivity contribution in [3.8, 4) is 0 Å². The fourth-order valence-corrected chi connectivity index (χ4v) is 3.26. The zero-order valence-corrected chi connectivity index (χ0v) is 21.6. The van der Waals surface area contributed by atoms with Crippen LogP contribution in [0.2, 0.25) is 0 Å². The van der Waals surface area contributed by atoms with Crippen LogP contribution in [-0.2, 0) is 9.53 Å². The molecule has 0 fully saturated rings. The Bertz CT molecular complexity index is 776. The number of carboxylic acids is 1. The van der Waals surface area contributed by atoms with Gasteiger partial charge in [0.15, 0.2) is 6.29 Å². The first-order chi connectivity index (χ1) is 16.1. The molecular formula is C27H43FN2O4. The Labute approximate surface area is 204 Å². The third-order valence-corrected chi connectivity index (χ3v) is 4.81. The van der Waals surface area contributed by atoms with Crippen LogP contribution in [0.5, 0.6) is 0 Å². The van der Waals surface area contributed by atoms with Gasteiger partial charge >= 0.3 is 5.97 Å². The number of allylic oxidation sites excluding steroid dienone is 4. The number of amidine groups is 1. The standard InChI is InChI=1S/C25H37FN2O4.C2H6/c1-6-21(19(2)14-16-26)28-18-10-9-11-20(24(30)31)15-17-27-22(28)12-7-8-13-23(29)32-25(3,4)5;1-2/h6,9-10,14-17,20,23,29H,1,7-8,11-13,18H2,2-5H3,(H,30,31);1-2H3/b10-9+,16-14+,17-15+,21-19+,27-22?;. The summed E-state index contributed by atoms with van der Waals surface area (Å²) in [7, 11) is 0. The van der Waals surface area contributed by atoms with E-state index in [-0.39, 0.29) is 0 Å². The summed E-state index contributed by atoms with van der Waals surface area (Å²) in [6, 6.07) is 0. The predicted octanol–water partition coefficient (Wildman–Crippen LogP) is 6.52. The number of hydrogen-bond acceptors (Lipinski definition) is 5. The molecule has 0 aromatic heterocycles. The van der Waals surface area contributed by atoms with Gasteiger partial charge in [-0.25, -0.2) is 9.38 Å².